The number of carboxylic acid groups (broad SMARTS) is 1. The Morgan fingerprint density at radius 3 is 2.53 bits per heavy atom. The predicted molar refractivity (Wildman–Crippen MR) is 73.3 cm³/mol. The highest BCUT2D eigenvalue weighted by atomic mass is 16.4. The second-order valence-electron chi connectivity index (χ2n) is 4.62. The van der Waals surface area contributed by atoms with Gasteiger partial charge >= 0.3 is 5.97 Å². The number of aliphatic carboxylic acids is 1. The molecule has 0 amide bonds. The number of aromatic amines is 1. The van der Waals surface area contributed by atoms with Crippen molar-refractivity contribution < 1.29 is 9.90 Å². The van der Waals surface area contributed by atoms with Gasteiger partial charge in [0, 0.05) is 16.8 Å². The van der Waals surface area contributed by atoms with Crippen LogP contribution in [0.25, 0.3) is 11.3 Å². The average Bonchev–Trinajstić information content (AvgIpc) is 2.31. The summed E-state index contributed by atoms with van der Waals surface area (Å²) < 4.78 is 0. The van der Waals surface area contributed by atoms with Gasteiger partial charge in [0.05, 0.1) is 6.42 Å². The SMILES string of the molecule is Cc1ccc(-c2ccc(CC(=O)O)c(=O)[nH]2)c(C)c1. The third kappa shape index (κ3) is 2.91. The van der Waals surface area contributed by atoms with Crippen LogP contribution < -0.4 is 5.56 Å². The van der Waals surface area contributed by atoms with Crippen molar-refractivity contribution in [3.05, 3.63) is 57.4 Å². The van der Waals surface area contributed by atoms with E-state index in [0.717, 1.165) is 16.7 Å². The summed E-state index contributed by atoms with van der Waals surface area (Å²) in [7, 11) is 0. The van der Waals surface area contributed by atoms with Gasteiger partial charge in [0.25, 0.3) is 5.56 Å². The summed E-state index contributed by atoms with van der Waals surface area (Å²) in [5, 5.41) is 8.70. The number of carbonyl (C=O) groups is 1. The minimum absolute atomic E-state index is 0.261. The van der Waals surface area contributed by atoms with Crippen molar-refractivity contribution in [1.29, 1.82) is 0 Å². The Labute approximate surface area is 110 Å². The molecule has 0 saturated heterocycles. The van der Waals surface area contributed by atoms with E-state index >= 15 is 0 Å². The standard InChI is InChI=1S/C15H15NO3/c1-9-3-5-12(10(2)7-9)13-6-4-11(8-14(17)18)15(19)16-13/h3-7H,8H2,1-2H3,(H,16,19)(H,17,18). The van der Waals surface area contributed by atoms with E-state index in [1.54, 1.807) is 12.1 Å². The molecular weight excluding hydrogens is 242 g/mol. The molecule has 1 aromatic carbocycles. The first-order valence-corrected chi connectivity index (χ1v) is 5.99. The zero-order valence-electron chi connectivity index (χ0n) is 10.9. The summed E-state index contributed by atoms with van der Waals surface area (Å²) in [5.74, 6) is -1.01. The molecule has 0 bridgehead atoms. The Bertz CT molecular complexity index is 686. The van der Waals surface area contributed by atoms with E-state index in [1.807, 2.05) is 32.0 Å². The Morgan fingerprint density at radius 2 is 1.95 bits per heavy atom. The van der Waals surface area contributed by atoms with Crippen LogP contribution in [0.1, 0.15) is 16.7 Å². The third-order valence-corrected chi connectivity index (χ3v) is 3.00. The van der Waals surface area contributed by atoms with Gasteiger partial charge in [-0.3, -0.25) is 9.59 Å². The smallest absolute Gasteiger partial charge is 0.308 e. The molecule has 2 rings (SSSR count). The minimum atomic E-state index is -1.01. The van der Waals surface area contributed by atoms with Gasteiger partial charge in [0.15, 0.2) is 0 Å². The molecule has 98 valence electrons. The number of nitrogens with one attached hydrogen (secondary N) is 1. The number of aryl methyl sites for hydroxylation is 2. The number of H-pyrrole nitrogens is 1. The van der Waals surface area contributed by atoms with Gasteiger partial charge in [-0.15, -0.1) is 0 Å². The van der Waals surface area contributed by atoms with Gasteiger partial charge < -0.3 is 10.1 Å². The molecule has 4 heteroatoms. The van der Waals surface area contributed by atoms with Crippen LogP contribution in [0.5, 0.6) is 0 Å². The van der Waals surface area contributed by atoms with Crippen LogP contribution >= 0.6 is 0 Å². The van der Waals surface area contributed by atoms with E-state index in [2.05, 4.69) is 4.98 Å². The van der Waals surface area contributed by atoms with Crippen LogP contribution in [-0.2, 0) is 11.2 Å². The molecule has 0 radical (unpaired) electrons. The van der Waals surface area contributed by atoms with E-state index < -0.39 is 5.97 Å². The van der Waals surface area contributed by atoms with Gasteiger partial charge in [-0.05, 0) is 25.5 Å². The summed E-state index contributed by atoms with van der Waals surface area (Å²) in [5.41, 5.74) is 3.80. The molecule has 19 heavy (non-hydrogen) atoms. The molecule has 0 atom stereocenters. The number of rotatable bonds is 3. The van der Waals surface area contributed by atoms with Crippen molar-refractivity contribution in [2.75, 3.05) is 0 Å². The van der Waals surface area contributed by atoms with Crippen LogP contribution in [0, 0.1) is 13.8 Å². The van der Waals surface area contributed by atoms with Crippen molar-refractivity contribution in [3.8, 4) is 11.3 Å². The van der Waals surface area contributed by atoms with E-state index in [1.165, 1.54) is 0 Å². The number of hydrogen-bond donors (Lipinski definition) is 2. The van der Waals surface area contributed by atoms with Crippen molar-refractivity contribution >= 4 is 5.97 Å². The first kappa shape index (κ1) is 13.1. The zero-order valence-corrected chi connectivity index (χ0v) is 10.9. The van der Waals surface area contributed by atoms with Crippen molar-refractivity contribution in [2.24, 2.45) is 0 Å². The molecule has 4 nitrogen and oxygen atoms in total. The number of hydrogen-bond acceptors (Lipinski definition) is 2. The molecule has 0 fully saturated rings. The van der Waals surface area contributed by atoms with Gasteiger partial charge in [-0.2, -0.15) is 0 Å². The minimum Gasteiger partial charge on any atom is -0.481 e. The van der Waals surface area contributed by atoms with Crippen molar-refractivity contribution in [2.45, 2.75) is 20.3 Å². The molecule has 2 N–H and O–H groups in total. The van der Waals surface area contributed by atoms with Crippen LogP contribution in [0.4, 0.5) is 0 Å². The monoisotopic (exact) mass is 257 g/mol. The zero-order chi connectivity index (χ0) is 14.0. The lowest BCUT2D eigenvalue weighted by Gasteiger charge is -2.07. The largest absolute Gasteiger partial charge is 0.481 e. The summed E-state index contributed by atoms with van der Waals surface area (Å²) >= 11 is 0. The first-order valence-electron chi connectivity index (χ1n) is 5.99. The number of benzene rings is 1. The van der Waals surface area contributed by atoms with Crippen LogP contribution in [0.15, 0.2) is 35.1 Å². The Morgan fingerprint density at radius 1 is 1.21 bits per heavy atom. The molecular formula is C15H15NO3. The maximum absolute atomic E-state index is 11.8. The summed E-state index contributed by atoms with van der Waals surface area (Å²) in [4.78, 5) is 25.2. The summed E-state index contributed by atoms with van der Waals surface area (Å²) in [6.45, 7) is 3.99. The highest BCUT2D eigenvalue weighted by molar-refractivity contribution is 5.70. The molecule has 0 aliphatic heterocycles. The van der Waals surface area contributed by atoms with Crippen molar-refractivity contribution in [1.82, 2.24) is 4.98 Å². The van der Waals surface area contributed by atoms with Crippen LogP contribution in [0.2, 0.25) is 0 Å². The average molecular weight is 257 g/mol. The molecule has 1 heterocycles. The fourth-order valence-corrected chi connectivity index (χ4v) is 2.08. The van der Waals surface area contributed by atoms with Gasteiger partial charge in [-0.25, -0.2) is 0 Å². The first-order chi connectivity index (χ1) is 8.97. The lowest BCUT2D eigenvalue weighted by molar-refractivity contribution is -0.136. The molecule has 0 aliphatic rings. The van der Waals surface area contributed by atoms with Gasteiger partial charge in [0.2, 0.25) is 0 Å². The third-order valence-electron chi connectivity index (χ3n) is 3.00. The number of pyridine rings is 1. The molecule has 0 aliphatic carbocycles. The fourth-order valence-electron chi connectivity index (χ4n) is 2.08. The number of aromatic nitrogens is 1. The maximum atomic E-state index is 11.8. The second-order valence-corrected chi connectivity index (χ2v) is 4.62. The highest BCUT2D eigenvalue weighted by Crippen LogP contribution is 2.21. The Hall–Kier alpha value is -2.36. The highest BCUT2D eigenvalue weighted by Gasteiger charge is 2.08. The Kier molecular flexibility index (Phi) is 3.51. The van der Waals surface area contributed by atoms with E-state index in [0.29, 0.717) is 5.69 Å². The summed E-state index contributed by atoms with van der Waals surface area (Å²) in [6.07, 6.45) is -0.261. The fraction of sp³-hybridized carbons (Fsp3) is 0.200. The van der Waals surface area contributed by atoms with E-state index in [9.17, 15) is 9.59 Å². The van der Waals surface area contributed by atoms with E-state index in [-0.39, 0.29) is 17.5 Å². The quantitative estimate of drug-likeness (QED) is 0.886. The maximum Gasteiger partial charge on any atom is 0.308 e. The molecule has 2 aromatic rings. The molecule has 0 unspecified atom stereocenters. The van der Waals surface area contributed by atoms with E-state index in [4.69, 9.17) is 5.11 Å². The number of carboxylic acids is 1. The van der Waals surface area contributed by atoms with Crippen LogP contribution in [0.3, 0.4) is 0 Å². The normalized spacial score (nSPS) is 10.4. The lowest BCUT2D eigenvalue weighted by atomic mass is 10.0. The lowest BCUT2D eigenvalue weighted by Crippen LogP contribution is -2.16. The molecule has 0 spiro atoms. The molecule has 0 saturated carbocycles. The second kappa shape index (κ2) is 5.10. The topological polar surface area (TPSA) is 70.2 Å². The van der Waals surface area contributed by atoms with Gasteiger partial charge in [-0.1, -0.05) is 29.8 Å². The molecule has 1 aromatic heterocycles. The predicted octanol–water partition coefficient (Wildman–Crippen LogP) is 2.29. The Balaban J connectivity index is 2.44. The van der Waals surface area contributed by atoms with Crippen molar-refractivity contribution in [3.63, 3.8) is 0 Å². The summed E-state index contributed by atoms with van der Waals surface area (Å²) in [6, 6.07) is 9.29. The van der Waals surface area contributed by atoms with Gasteiger partial charge in [0.1, 0.15) is 0 Å². The van der Waals surface area contributed by atoms with Crippen LogP contribution in [-0.4, -0.2) is 16.1 Å².